The average molecular weight is 283 g/mol. The molecule has 1 fully saturated rings. The molecule has 3 rings (SSSR count). The molecule has 2 heterocycles. The number of benzene rings is 1. The second kappa shape index (κ2) is 6.22. The molecule has 1 saturated heterocycles. The number of pyridine rings is 1. The lowest BCUT2D eigenvalue weighted by Crippen LogP contribution is -2.44. The first-order valence-electron chi connectivity index (χ1n) is 7.66. The number of nitrogens with zero attached hydrogens (tertiary/aromatic N) is 2. The van der Waals surface area contributed by atoms with Crippen LogP contribution >= 0.6 is 0 Å². The van der Waals surface area contributed by atoms with E-state index in [1.54, 1.807) is 6.20 Å². The molecule has 1 aliphatic heterocycles. The maximum atomic E-state index is 12.9. The highest BCUT2D eigenvalue weighted by molar-refractivity contribution is 6.05. The van der Waals surface area contributed by atoms with Gasteiger partial charge in [-0.05, 0) is 44.4 Å². The number of rotatable bonds is 3. The topological polar surface area (TPSA) is 59.2 Å². The zero-order valence-electron chi connectivity index (χ0n) is 12.2. The molecular formula is C17H21N3O. The number of nitrogens with two attached hydrogens (primary N) is 1. The van der Waals surface area contributed by atoms with Crippen LogP contribution in [0.3, 0.4) is 0 Å². The molecule has 4 nitrogen and oxygen atoms in total. The Bertz CT molecular complexity index is 633. The van der Waals surface area contributed by atoms with Crippen molar-refractivity contribution < 1.29 is 4.79 Å². The number of para-hydroxylation sites is 1. The van der Waals surface area contributed by atoms with E-state index in [2.05, 4.69) is 4.98 Å². The molecule has 0 radical (unpaired) electrons. The summed E-state index contributed by atoms with van der Waals surface area (Å²) in [4.78, 5) is 19.3. The molecule has 2 N–H and O–H groups in total. The Morgan fingerprint density at radius 1 is 1.29 bits per heavy atom. The summed E-state index contributed by atoms with van der Waals surface area (Å²) >= 11 is 0. The fraction of sp³-hybridized carbons (Fsp3) is 0.412. The van der Waals surface area contributed by atoms with Crippen LogP contribution in [0, 0.1) is 0 Å². The van der Waals surface area contributed by atoms with E-state index in [0.717, 1.165) is 36.7 Å². The van der Waals surface area contributed by atoms with Gasteiger partial charge in [-0.25, -0.2) is 0 Å². The van der Waals surface area contributed by atoms with Crippen LogP contribution in [0.2, 0.25) is 0 Å². The standard InChI is InChI=1S/C17H21N3O/c18-10-9-14-7-1-2-12-20(14)17(21)15-8-3-5-13-6-4-11-19-16(13)15/h3-6,8,11,14H,1-2,7,9-10,12,18H2. The molecule has 0 bridgehead atoms. The number of hydrogen-bond acceptors (Lipinski definition) is 3. The molecule has 110 valence electrons. The Kier molecular flexibility index (Phi) is 4.15. The van der Waals surface area contributed by atoms with Gasteiger partial charge in [-0.3, -0.25) is 9.78 Å². The maximum Gasteiger partial charge on any atom is 0.256 e. The molecule has 1 aromatic carbocycles. The largest absolute Gasteiger partial charge is 0.336 e. The van der Waals surface area contributed by atoms with Gasteiger partial charge < -0.3 is 10.6 Å². The molecule has 1 unspecified atom stereocenters. The quantitative estimate of drug-likeness (QED) is 0.942. The van der Waals surface area contributed by atoms with E-state index >= 15 is 0 Å². The average Bonchev–Trinajstić information content (AvgIpc) is 2.54. The van der Waals surface area contributed by atoms with Gasteiger partial charge in [-0.2, -0.15) is 0 Å². The summed E-state index contributed by atoms with van der Waals surface area (Å²) < 4.78 is 0. The Balaban J connectivity index is 1.95. The fourth-order valence-corrected chi connectivity index (χ4v) is 3.19. The minimum atomic E-state index is 0.0949. The van der Waals surface area contributed by atoms with Crippen molar-refractivity contribution >= 4 is 16.8 Å². The van der Waals surface area contributed by atoms with Crippen LogP contribution in [0.1, 0.15) is 36.0 Å². The first-order valence-corrected chi connectivity index (χ1v) is 7.66. The predicted molar refractivity (Wildman–Crippen MR) is 84.1 cm³/mol. The van der Waals surface area contributed by atoms with Crippen molar-refractivity contribution in [1.82, 2.24) is 9.88 Å². The van der Waals surface area contributed by atoms with Gasteiger partial charge in [0.05, 0.1) is 11.1 Å². The van der Waals surface area contributed by atoms with Gasteiger partial charge in [-0.1, -0.05) is 18.2 Å². The molecule has 2 aromatic rings. The van der Waals surface area contributed by atoms with E-state index in [4.69, 9.17) is 5.73 Å². The van der Waals surface area contributed by atoms with Gasteiger partial charge in [0, 0.05) is 24.2 Å². The van der Waals surface area contributed by atoms with E-state index in [-0.39, 0.29) is 11.9 Å². The lowest BCUT2D eigenvalue weighted by atomic mass is 9.97. The van der Waals surface area contributed by atoms with E-state index in [1.165, 1.54) is 6.42 Å². The lowest BCUT2D eigenvalue weighted by Gasteiger charge is -2.36. The van der Waals surface area contributed by atoms with E-state index in [9.17, 15) is 4.79 Å². The number of likely N-dealkylation sites (tertiary alicyclic amines) is 1. The van der Waals surface area contributed by atoms with Gasteiger partial charge in [0.1, 0.15) is 0 Å². The normalized spacial score (nSPS) is 18.9. The summed E-state index contributed by atoms with van der Waals surface area (Å²) in [6, 6.07) is 9.97. The second-order valence-corrected chi connectivity index (χ2v) is 5.61. The van der Waals surface area contributed by atoms with Gasteiger partial charge >= 0.3 is 0 Å². The van der Waals surface area contributed by atoms with E-state index in [1.807, 2.05) is 35.2 Å². The van der Waals surface area contributed by atoms with Crippen molar-refractivity contribution in [3.05, 3.63) is 42.1 Å². The van der Waals surface area contributed by atoms with Crippen molar-refractivity contribution in [2.24, 2.45) is 5.73 Å². The van der Waals surface area contributed by atoms with Gasteiger partial charge in [0.25, 0.3) is 5.91 Å². The van der Waals surface area contributed by atoms with Crippen LogP contribution in [-0.2, 0) is 0 Å². The third-order valence-electron chi connectivity index (χ3n) is 4.25. The highest BCUT2D eigenvalue weighted by Gasteiger charge is 2.27. The third-order valence-corrected chi connectivity index (χ3v) is 4.25. The van der Waals surface area contributed by atoms with Gasteiger partial charge in [0.15, 0.2) is 0 Å². The van der Waals surface area contributed by atoms with Crippen LogP contribution in [0.15, 0.2) is 36.5 Å². The fourth-order valence-electron chi connectivity index (χ4n) is 3.19. The molecule has 0 aliphatic carbocycles. The lowest BCUT2D eigenvalue weighted by molar-refractivity contribution is 0.0607. The summed E-state index contributed by atoms with van der Waals surface area (Å²) in [6.45, 7) is 1.45. The zero-order chi connectivity index (χ0) is 14.7. The van der Waals surface area contributed by atoms with Crippen molar-refractivity contribution in [2.75, 3.05) is 13.1 Å². The summed E-state index contributed by atoms with van der Waals surface area (Å²) in [6.07, 6.45) is 5.94. The molecule has 1 aliphatic rings. The Morgan fingerprint density at radius 2 is 2.14 bits per heavy atom. The summed E-state index contributed by atoms with van der Waals surface area (Å²) in [5.41, 5.74) is 7.20. The Morgan fingerprint density at radius 3 is 3.00 bits per heavy atom. The summed E-state index contributed by atoms with van der Waals surface area (Å²) in [5.74, 6) is 0.0949. The first kappa shape index (κ1) is 14.0. The van der Waals surface area contributed by atoms with Crippen LogP contribution in [-0.4, -0.2) is 34.9 Å². The number of carbonyl (C=O) groups is 1. The Labute approximate surface area is 125 Å². The molecule has 1 amide bonds. The predicted octanol–water partition coefficient (Wildman–Crippen LogP) is 2.58. The van der Waals surface area contributed by atoms with Crippen molar-refractivity contribution in [3.8, 4) is 0 Å². The molecule has 21 heavy (non-hydrogen) atoms. The zero-order valence-corrected chi connectivity index (χ0v) is 12.2. The molecule has 1 aromatic heterocycles. The van der Waals surface area contributed by atoms with Crippen LogP contribution in [0.5, 0.6) is 0 Å². The number of carbonyl (C=O) groups excluding carboxylic acids is 1. The number of piperidine rings is 1. The molecule has 1 atom stereocenters. The Hall–Kier alpha value is -1.94. The van der Waals surface area contributed by atoms with Crippen molar-refractivity contribution in [1.29, 1.82) is 0 Å². The number of hydrogen-bond donors (Lipinski definition) is 1. The molecule has 0 spiro atoms. The van der Waals surface area contributed by atoms with Crippen LogP contribution in [0.25, 0.3) is 10.9 Å². The summed E-state index contributed by atoms with van der Waals surface area (Å²) in [7, 11) is 0. The first-order chi connectivity index (χ1) is 10.3. The van der Waals surface area contributed by atoms with E-state index in [0.29, 0.717) is 12.1 Å². The number of fused-ring (bicyclic) bond motifs is 1. The maximum absolute atomic E-state index is 12.9. The van der Waals surface area contributed by atoms with Crippen LogP contribution < -0.4 is 5.73 Å². The molecular weight excluding hydrogens is 262 g/mol. The molecule has 4 heteroatoms. The molecule has 0 saturated carbocycles. The van der Waals surface area contributed by atoms with Crippen LogP contribution in [0.4, 0.5) is 0 Å². The van der Waals surface area contributed by atoms with Crippen molar-refractivity contribution in [3.63, 3.8) is 0 Å². The van der Waals surface area contributed by atoms with E-state index < -0.39 is 0 Å². The summed E-state index contributed by atoms with van der Waals surface area (Å²) in [5, 5.41) is 1.01. The van der Waals surface area contributed by atoms with Gasteiger partial charge in [-0.15, -0.1) is 0 Å². The number of aromatic nitrogens is 1. The smallest absolute Gasteiger partial charge is 0.256 e. The highest BCUT2D eigenvalue weighted by atomic mass is 16.2. The minimum Gasteiger partial charge on any atom is -0.336 e. The number of amides is 1. The SMILES string of the molecule is NCCC1CCCCN1C(=O)c1cccc2cccnc12. The van der Waals surface area contributed by atoms with Gasteiger partial charge in [0.2, 0.25) is 0 Å². The minimum absolute atomic E-state index is 0.0949. The highest BCUT2D eigenvalue weighted by Crippen LogP contribution is 2.24. The second-order valence-electron chi connectivity index (χ2n) is 5.61. The van der Waals surface area contributed by atoms with Crippen molar-refractivity contribution in [2.45, 2.75) is 31.7 Å². The monoisotopic (exact) mass is 283 g/mol. The third kappa shape index (κ3) is 2.76.